The molecule has 0 saturated carbocycles. The van der Waals surface area contributed by atoms with Gasteiger partial charge in [-0.25, -0.2) is 0 Å². The second kappa shape index (κ2) is 8.05. The Labute approximate surface area is 133 Å². The van der Waals surface area contributed by atoms with Gasteiger partial charge < -0.3 is 0 Å². The van der Waals surface area contributed by atoms with Gasteiger partial charge in [0.2, 0.25) is 0 Å². The molecule has 95 valence electrons. The molecule has 0 amide bonds. The third kappa shape index (κ3) is 4.60. The van der Waals surface area contributed by atoms with Crippen molar-refractivity contribution in [3.63, 3.8) is 0 Å². The molecule has 3 heteroatoms. The quantitative estimate of drug-likeness (QED) is 0.680. The topological polar surface area (TPSA) is 0 Å². The Morgan fingerprint density at radius 2 is 1.37 bits per heavy atom. The number of hydrogen-bond donors (Lipinski definition) is 0. The van der Waals surface area contributed by atoms with Crippen LogP contribution in [0.3, 0.4) is 0 Å². The molecule has 1 aliphatic carbocycles. The van der Waals surface area contributed by atoms with Crippen molar-refractivity contribution >= 4 is 23.1 Å². The van der Waals surface area contributed by atoms with Crippen LogP contribution in [0.2, 0.25) is 0 Å². The Balaban J connectivity index is 0.000000408. The molecule has 3 rings (SSSR count). The first-order chi connectivity index (χ1) is 9.33. The molecule has 0 heterocycles. The van der Waals surface area contributed by atoms with E-state index in [4.69, 9.17) is 17.0 Å². The molecule has 0 fully saturated rings. The average molecular weight is 367 g/mol. The molecule has 0 aromatic heterocycles. The van der Waals surface area contributed by atoms with Gasteiger partial charge in [0.15, 0.2) is 0 Å². The Hall–Kier alpha value is -0.357. The van der Waals surface area contributed by atoms with Crippen molar-refractivity contribution in [3.05, 3.63) is 83.3 Å². The molecule has 0 spiro atoms. The molecule has 0 N–H and O–H groups in total. The molecule has 1 aliphatic rings. The van der Waals surface area contributed by atoms with Crippen molar-refractivity contribution in [2.45, 2.75) is 6.42 Å². The van der Waals surface area contributed by atoms with Gasteiger partial charge in [0.25, 0.3) is 0 Å². The molecule has 0 saturated heterocycles. The van der Waals surface area contributed by atoms with Crippen LogP contribution in [0.4, 0.5) is 0 Å². The molecule has 19 heavy (non-hydrogen) atoms. The van der Waals surface area contributed by atoms with Crippen molar-refractivity contribution in [2.24, 2.45) is 0 Å². The number of rotatable bonds is 2. The fourth-order valence-corrected chi connectivity index (χ4v) is 2.15. The van der Waals surface area contributed by atoms with Crippen LogP contribution in [0.1, 0.15) is 16.7 Å². The second-order valence-corrected chi connectivity index (χ2v) is 7.96. The molecule has 0 unspecified atom stereocenters. The Bertz CT molecular complexity index is 550. The van der Waals surface area contributed by atoms with Gasteiger partial charge in [-0.15, -0.1) is 0 Å². The summed E-state index contributed by atoms with van der Waals surface area (Å²) in [5.41, 5.74) is 5.45. The standard InChI is InChI=1S/C16H13.2ClH.Zr/c1-2-6-13(7-3-1)10-14-11-15-8-4-5-9-16(15)12-14;;;/h1-9,11-12H,10H2;2*1H;/q;;;+2/p-2. The van der Waals surface area contributed by atoms with Gasteiger partial charge in [-0.2, -0.15) is 0 Å². The third-order valence-electron chi connectivity index (χ3n) is 2.93. The first kappa shape index (κ1) is 15.0. The predicted octanol–water partition coefficient (Wildman–Crippen LogP) is 5.26. The fraction of sp³-hybridized carbons (Fsp3) is 0.0625. The molecule has 0 bridgehead atoms. The molecular weight excluding hydrogens is 354 g/mol. The van der Waals surface area contributed by atoms with Crippen LogP contribution in [-0.4, -0.2) is 0 Å². The van der Waals surface area contributed by atoms with Crippen molar-refractivity contribution in [2.75, 3.05) is 0 Å². The summed E-state index contributed by atoms with van der Waals surface area (Å²) in [5, 5.41) is 0. The van der Waals surface area contributed by atoms with E-state index in [2.05, 4.69) is 67.1 Å². The van der Waals surface area contributed by atoms with Crippen LogP contribution in [0.25, 0.3) is 6.08 Å². The van der Waals surface area contributed by atoms with Gasteiger partial charge in [-0.05, 0) is 23.1 Å². The van der Waals surface area contributed by atoms with E-state index in [0.29, 0.717) is 0 Å². The molecule has 0 atom stereocenters. The molecular formula is C16H13Cl2Zr. The van der Waals surface area contributed by atoms with Crippen LogP contribution < -0.4 is 0 Å². The number of allylic oxidation sites excluding steroid dienone is 1. The minimum atomic E-state index is -0.826. The predicted molar refractivity (Wildman–Crippen MR) is 79.7 cm³/mol. The Morgan fingerprint density at radius 1 is 0.789 bits per heavy atom. The number of benzene rings is 2. The van der Waals surface area contributed by atoms with Crippen molar-refractivity contribution < 1.29 is 20.8 Å². The van der Waals surface area contributed by atoms with E-state index < -0.39 is 20.8 Å². The van der Waals surface area contributed by atoms with Crippen LogP contribution in [0, 0.1) is 6.42 Å². The van der Waals surface area contributed by atoms with E-state index in [9.17, 15) is 0 Å². The molecule has 0 nitrogen and oxygen atoms in total. The van der Waals surface area contributed by atoms with Crippen molar-refractivity contribution in [1.29, 1.82) is 0 Å². The van der Waals surface area contributed by atoms with E-state index >= 15 is 0 Å². The average Bonchev–Trinajstić information content (AvgIpc) is 2.83. The van der Waals surface area contributed by atoms with Gasteiger partial charge in [0.05, 0.1) is 0 Å². The SMILES string of the molecule is [CH]1C(Cc2ccccc2)=Cc2ccccc21.[Cl][Zr][Cl]. The third-order valence-corrected chi connectivity index (χ3v) is 2.93. The van der Waals surface area contributed by atoms with Gasteiger partial charge in [-0.3, -0.25) is 0 Å². The van der Waals surface area contributed by atoms with E-state index in [1.165, 1.54) is 22.3 Å². The number of halogens is 2. The monoisotopic (exact) mass is 365 g/mol. The first-order valence-electron chi connectivity index (χ1n) is 5.98. The van der Waals surface area contributed by atoms with Gasteiger partial charge in [-0.1, -0.05) is 66.2 Å². The minimum absolute atomic E-state index is 0.826. The number of hydrogen-bond acceptors (Lipinski definition) is 0. The van der Waals surface area contributed by atoms with Gasteiger partial charge in [0, 0.05) is 6.42 Å². The van der Waals surface area contributed by atoms with Crippen LogP contribution in [0.5, 0.6) is 0 Å². The van der Waals surface area contributed by atoms with E-state index in [-0.39, 0.29) is 0 Å². The van der Waals surface area contributed by atoms with Crippen molar-refractivity contribution in [3.8, 4) is 0 Å². The van der Waals surface area contributed by atoms with Gasteiger partial charge >= 0.3 is 37.9 Å². The zero-order valence-electron chi connectivity index (χ0n) is 10.3. The van der Waals surface area contributed by atoms with E-state index in [1.54, 1.807) is 0 Å². The maximum atomic E-state index is 4.93. The number of fused-ring (bicyclic) bond motifs is 1. The summed E-state index contributed by atoms with van der Waals surface area (Å²) in [6.45, 7) is 0. The fourth-order valence-electron chi connectivity index (χ4n) is 2.15. The van der Waals surface area contributed by atoms with Crippen LogP contribution >= 0.6 is 17.0 Å². The van der Waals surface area contributed by atoms with Crippen LogP contribution in [0.15, 0.2) is 60.2 Å². The first-order valence-corrected chi connectivity index (χ1v) is 12.3. The molecule has 2 aromatic carbocycles. The molecule has 1 radical (unpaired) electrons. The summed E-state index contributed by atoms with van der Waals surface area (Å²) in [6, 6.07) is 19.1. The Morgan fingerprint density at radius 3 is 2.00 bits per heavy atom. The summed E-state index contributed by atoms with van der Waals surface area (Å²) >= 11 is -0.826. The summed E-state index contributed by atoms with van der Waals surface area (Å²) in [7, 11) is 9.87. The molecule has 2 aromatic rings. The zero-order valence-corrected chi connectivity index (χ0v) is 14.3. The van der Waals surface area contributed by atoms with E-state index in [0.717, 1.165) is 6.42 Å². The van der Waals surface area contributed by atoms with E-state index in [1.807, 2.05) is 0 Å². The zero-order chi connectivity index (χ0) is 13.5. The normalized spacial score (nSPS) is 12.0. The summed E-state index contributed by atoms with van der Waals surface area (Å²) < 4.78 is 0. The summed E-state index contributed by atoms with van der Waals surface area (Å²) in [4.78, 5) is 0. The second-order valence-electron chi connectivity index (χ2n) is 4.23. The summed E-state index contributed by atoms with van der Waals surface area (Å²) in [6.07, 6.45) is 5.58. The Kier molecular flexibility index (Phi) is 6.37. The summed E-state index contributed by atoms with van der Waals surface area (Å²) in [5.74, 6) is 0. The molecule has 0 aliphatic heterocycles. The van der Waals surface area contributed by atoms with Crippen LogP contribution in [-0.2, 0) is 27.3 Å². The maximum absolute atomic E-state index is 4.93. The van der Waals surface area contributed by atoms with Crippen molar-refractivity contribution in [1.82, 2.24) is 0 Å². The van der Waals surface area contributed by atoms with Gasteiger partial charge in [0.1, 0.15) is 0 Å².